The summed E-state index contributed by atoms with van der Waals surface area (Å²) < 4.78 is 27.6. The Labute approximate surface area is 125 Å². The Kier molecular flexibility index (Phi) is 4.94. The fourth-order valence-corrected chi connectivity index (χ4v) is 4.14. The number of nitrogens with one attached hydrogen (secondary N) is 1. The Bertz CT molecular complexity index is 556. The topological polar surface area (TPSA) is 72.2 Å². The van der Waals surface area contributed by atoms with Crippen molar-refractivity contribution in [2.75, 3.05) is 5.73 Å². The number of nitrogen functional groups attached to an aromatic ring is 1. The maximum absolute atomic E-state index is 12.4. The van der Waals surface area contributed by atoms with Crippen molar-refractivity contribution >= 4 is 27.3 Å². The molecule has 4 nitrogen and oxygen atoms in total. The summed E-state index contributed by atoms with van der Waals surface area (Å²) in [5.41, 5.74) is 6.73. The van der Waals surface area contributed by atoms with Crippen LogP contribution in [0.15, 0.2) is 17.0 Å². The summed E-state index contributed by atoms with van der Waals surface area (Å²) in [6.07, 6.45) is 6.34. The Hall–Kier alpha value is -0.780. The number of rotatable bonds is 3. The van der Waals surface area contributed by atoms with Crippen LogP contribution in [0.3, 0.4) is 0 Å². The first kappa shape index (κ1) is 15.6. The average Bonchev–Trinajstić information content (AvgIpc) is 2.63. The Morgan fingerprint density at radius 2 is 1.80 bits per heavy atom. The van der Waals surface area contributed by atoms with E-state index in [1.165, 1.54) is 18.9 Å². The number of halogens is 1. The number of hydrogen-bond acceptors (Lipinski definition) is 3. The summed E-state index contributed by atoms with van der Waals surface area (Å²) in [7, 11) is -3.53. The van der Waals surface area contributed by atoms with Gasteiger partial charge in [0.05, 0.1) is 15.6 Å². The number of aryl methyl sites for hydroxylation is 1. The third-order valence-corrected chi connectivity index (χ3v) is 5.76. The highest BCUT2D eigenvalue weighted by atomic mass is 35.5. The van der Waals surface area contributed by atoms with Gasteiger partial charge >= 0.3 is 0 Å². The standard InChI is InChI=1S/C14H21ClN2O2S/c1-10-8-12(9-13(16)14(10)15)20(18,19)17-11-6-4-2-3-5-7-11/h8-9,11,17H,2-7,16H2,1H3. The van der Waals surface area contributed by atoms with E-state index in [2.05, 4.69) is 4.72 Å². The largest absolute Gasteiger partial charge is 0.397 e. The minimum atomic E-state index is -3.53. The Morgan fingerprint density at radius 3 is 2.35 bits per heavy atom. The molecule has 0 saturated heterocycles. The molecule has 1 aromatic rings. The quantitative estimate of drug-likeness (QED) is 0.664. The molecule has 112 valence electrons. The van der Waals surface area contributed by atoms with Gasteiger partial charge in [0, 0.05) is 6.04 Å². The molecule has 2 rings (SSSR count). The molecule has 0 aliphatic heterocycles. The van der Waals surface area contributed by atoms with Crippen LogP contribution in [0, 0.1) is 6.92 Å². The van der Waals surface area contributed by atoms with Crippen LogP contribution in [-0.2, 0) is 10.0 Å². The molecule has 0 amide bonds. The third kappa shape index (κ3) is 3.65. The highest BCUT2D eigenvalue weighted by Gasteiger charge is 2.22. The molecule has 1 aliphatic carbocycles. The predicted molar refractivity (Wildman–Crippen MR) is 82.4 cm³/mol. The second kappa shape index (κ2) is 6.33. The van der Waals surface area contributed by atoms with Crippen LogP contribution in [0.5, 0.6) is 0 Å². The Balaban J connectivity index is 2.21. The molecule has 0 atom stereocenters. The van der Waals surface area contributed by atoms with Gasteiger partial charge in [0.25, 0.3) is 0 Å². The van der Waals surface area contributed by atoms with Crippen molar-refractivity contribution in [3.05, 3.63) is 22.7 Å². The molecular formula is C14H21ClN2O2S. The predicted octanol–water partition coefficient (Wildman–Crippen LogP) is 3.23. The molecule has 20 heavy (non-hydrogen) atoms. The molecule has 1 aromatic carbocycles. The normalized spacial score (nSPS) is 17.9. The van der Waals surface area contributed by atoms with Gasteiger partial charge in [-0.25, -0.2) is 13.1 Å². The van der Waals surface area contributed by atoms with Gasteiger partial charge in [-0.15, -0.1) is 0 Å². The van der Waals surface area contributed by atoms with E-state index in [0.29, 0.717) is 16.3 Å². The molecule has 0 aromatic heterocycles. The van der Waals surface area contributed by atoms with E-state index in [0.717, 1.165) is 25.7 Å². The smallest absolute Gasteiger partial charge is 0.240 e. The van der Waals surface area contributed by atoms with Crippen molar-refractivity contribution < 1.29 is 8.42 Å². The van der Waals surface area contributed by atoms with Crippen LogP contribution in [0.4, 0.5) is 5.69 Å². The van der Waals surface area contributed by atoms with Crippen LogP contribution >= 0.6 is 11.6 Å². The second-order valence-electron chi connectivity index (χ2n) is 5.45. The van der Waals surface area contributed by atoms with E-state index in [9.17, 15) is 8.42 Å². The first-order valence-corrected chi connectivity index (χ1v) is 8.84. The molecular weight excluding hydrogens is 296 g/mol. The van der Waals surface area contributed by atoms with Gasteiger partial charge in [-0.3, -0.25) is 0 Å². The highest BCUT2D eigenvalue weighted by molar-refractivity contribution is 7.89. The van der Waals surface area contributed by atoms with Crippen LogP contribution in [-0.4, -0.2) is 14.5 Å². The van der Waals surface area contributed by atoms with Crippen LogP contribution < -0.4 is 10.5 Å². The van der Waals surface area contributed by atoms with Gasteiger partial charge in [0.15, 0.2) is 0 Å². The first-order valence-electron chi connectivity index (χ1n) is 6.98. The SMILES string of the molecule is Cc1cc(S(=O)(=O)NC2CCCCCC2)cc(N)c1Cl. The fraction of sp³-hybridized carbons (Fsp3) is 0.571. The Morgan fingerprint density at radius 1 is 1.20 bits per heavy atom. The van der Waals surface area contributed by atoms with Gasteiger partial charge in [-0.2, -0.15) is 0 Å². The summed E-state index contributed by atoms with van der Waals surface area (Å²) in [5, 5.41) is 0.415. The van der Waals surface area contributed by atoms with Gasteiger partial charge in [-0.05, 0) is 37.5 Å². The van der Waals surface area contributed by atoms with E-state index in [4.69, 9.17) is 17.3 Å². The molecule has 0 unspecified atom stereocenters. The van der Waals surface area contributed by atoms with E-state index in [-0.39, 0.29) is 10.9 Å². The number of benzene rings is 1. The summed E-state index contributed by atoms with van der Waals surface area (Å²) in [4.78, 5) is 0.196. The fourth-order valence-electron chi connectivity index (χ4n) is 2.60. The number of hydrogen-bond donors (Lipinski definition) is 2. The molecule has 0 radical (unpaired) electrons. The first-order chi connectivity index (χ1) is 9.40. The molecule has 0 heterocycles. The zero-order valence-corrected chi connectivity index (χ0v) is 13.2. The lowest BCUT2D eigenvalue weighted by atomic mass is 10.1. The zero-order chi connectivity index (χ0) is 14.8. The minimum absolute atomic E-state index is 0.0275. The van der Waals surface area contributed by atoms with E-state index in [1.807, 2.05) is 0 Å². The molecule has 3 N–H and O–H groups in total. The minimum Gasteiger partial charge on any atom is -0.397 e. The van der Waals surface area contributed by atoms with Crippen molar-refractivity contribution in [3.63, 3.8) is 0 Å². The number of nitrogens with two attached hydrogens (primary N) is 1. The van der Waals surface area contributed by atoms with E-state index >= 15 is 0 Å². The molecule has 6 heteroatoms. The van der Waals surface area contributed by atoms with E-state index < -0.39 is 10.0 Å². The van der Waals surface area contributed by atoms with Crippen molar-refractivity contribution in [1.82, 2.24) is 4.72 Å². The number of anilines is 1. The lowest BCUT2D eigenvalue weighted by Crippen LogP contribution is -2.34. The van der Waals surface area contributed by atoms with Crippen molar-refractivity contribution in [2.45, 2.75) is 56.4 Å². The van der Waals surface area contributed by atoms with Crippen molar-refractivity contribution in [1.29, 1.82) is 0 Å². The van der Waals surface area contributed by atoms with Crippen LogP contribution in [0.1, 0.15) is 44.1 Å². The summed E-state index contributed by atoms with van der Waals surface area (Å²) in [6, 6.07) is 3.02. The average molecular weight is 317 g/mol. The number of sulfonamides is 1. The van der Waals surface area contributed by atoms with Gasteiger partial charge in [0.1, 0.15) is 0 Å². The molecule has 1 fully saturated rings. The van der Waals surface area contributed by atoms with Gasteiger partial charge in [-0.1, -0.05) is 37.3 Å². The summed E-state index contributed by atoms with van der Waals surface area (Å²) >= 11 is 5.97. The van der Waals surface area contributed by atoms with Gasteiger partial charge < -0.3 is 5.73 Å². The summed E-state index contributed by atoms with van der Waals surface area (Å²) in [6.45, 7) is 1.75. The molecule has 0 spiro atoms. The van der Waals surface area contributed by atoms with Crippen molar-refractivity contribution in [2.24, 2.45) is 0 Å². The molecule has 1 aliphatic rings. The lowest BCUT2D eigenvalue weighted by Gasteiger charge is -2.17. The third-order valence-electron chi connectivity index (χ3n) is 3.74. The van der Waals surface area contributed by atoms with E-state index in [1.54, 1.807) is 13.0 Å². The van der Waals surface area contributed by atoms with Crippen LogP contribution in [0.2, 0.25) is 5.02 Å². The monoisotopic (exact) mass is 316 g/mol. The maximum Gasteiger partial charge on any atom is 0.240 e. The molecule has 0 bridgehead atoms. The molecule has 1 saturated carbocycles. The zero-order valence-electron chi connectivity index (χ0n) is 11.7. The lowest BCUT2D eigenvalue weighted by molar-refractivity contribution is 0.510. The van der Waals surface area contributed by atoms with Crippen molar-refractivity contribution in [3.8, 4) is 0 Å². The highest BCUT2D eigenvalue weighted by Crippen LogP contribution is 2.27. The summed E-state index contributed by atoms with van der Waals surface area (Å²) in [5.74, 6) is 0. The van der Waals surface area contributed by atoms with Gasteiger partial charge in [0.2, 0.25) is 10.0 Å². The maximum atomic E-state index is 12.4. The van der Waals surface area contributed by atoms with Crippen LogP contribution in [0.25, 0.3) is 0 Å². The second-order valence-corrected chi connectivity index (χ2v) is 7.55.